The molecular formula is C15H18FN3O2. The molecule has 0 saturated heterocycles. The summed E-state index contributed by atoms with van der Waals surface area (Å²) in [5.74, 6) is 1.83. The van der Waals surface area contributed by atoms with Crippen molar-refractivity contribution in [2.24, 2.45) is 0 Å². The highest BCUT2D eigenvalue weighted by Crippen LogP contribution is 2.23. The largest absolute Gasteiger partial charge is 0.439 e. The summed E-state index contributed by atoms with van der Waals surface area (Å²) in [6.45, 7) is 4.68. The number of rotatable bonds is 6. The Morgan fingerprint density at radius 1 is 1.24 bits per heavy atom. The normalized spacial score (nSPS) is 10.5. The Bertz CT molecular complexity index is 596. The van der Waals surface area contributed by atoms with E-state index in [0.717, 1.165) is 6.54 Å². The zero-order valence-electron chi connectivity index (χ0n) is 12.3. The van der Waals surface area contributed by atoms with Gasteiger partial charge in [-0.05, 0) is 37.6 Å². The number of nitrogens with zero attached hydrogens (tertiary/aromatic N) is 2. The summed E-state index contributed by atoms with van der Waals surface area (Å²) in [6, 6.07) is 6.25. The second kappa shape index (κ2) is 6.99. The molecule has 112 valence electrons. The summed E-state index contributed by atoms with van der Waals surface area (Å²) in [6.07, 6.45) is 0. The summed E-state index contributed by atoms with van der Waals surface area (Å²) < 4.78 is 24.0. The number of hydrogen-bond donors (Lipinski definition) is 1. The van der Waals surface area contributed by atoms with Crippen LogP contribution in [0.15, 0.2) is 24.3 Å². The highest BCUT2D eigenvalue weighted by Gasteiger charge is 2.07. The Balaban J connectivity index is 2.26. The average molecular weight is 291 g/mol. The maximum absolute atomic E-state index is 13.3. The molecule has 0 bridgehead atoms. The van der Waals surface area contributed by atoms with Crippen molar-refractivity contribution in [2.45, 2.75) is 20.5 Å². The smallest absolute Gasteiger partial charge is 0.224 e. The van der Waals surface area contributed by atoms with Crippen molar-refractivity contribution < 1.29 is 13.9 Å². The van der Waals surface area contributed by atoms with Crippen LogP contribution in [0.2, 0.25) is 0 Å². The van der Waals surface area contributed by atoms with Crippen LogP contribution in [0.3, 0.4) is 0 Å². The van der Waals surface area contributed by atoms with E-state index in [2.05, 4.69) is 15.3 Å². The lowest BCUT2D eigenvalue weighted by atomic mass is 10.2. The fraction of sp³-hybridized carbons (Fsp3) is 0.333. The maximum Gasteiger partial charge on any atom is 0.224 e. The first kappa shape index (κ1) is 15.2. The Kier molecular flexibility index (Phi) is 5.05. The second-order valence-corrected chi connectivity index (χ2v) is 4.48. The molecule has 1 aromatic heterocycles. The summed E-state index contributed by atoms with van der Waals surface area (Å²) in [5.41, 5.74) is 0.519. The lowest BCUT2D eigenvalue weighted by Gasteiger charge is -2.10. The highest BCUT2D eigenvalue weighted by molar-refractivity contribution is 5.40. The molecule has 0 unspecified atom stereocenters. The lowest BCUT2D eigenvalue weighted by Crippen LogP contribution is -2.05. The molecule has 0 saturated carbocycles. The van der Waals surface area contributed by atoms with Gasteiger partial charge in [-0.3, -0.25) is 0 Å². The van der Waals surface area contributed by atoms with Gasteiger partial charge in [-0.2, -0.15) is 4.98 Å². The topological polar surface area (TPSA) is 56.3 Å². The van der Waals surface area contributed by atoms with Gasteiger partial charge < -0.3 is 14.8 Å². The van der Waals surface area contributed by atoms with Crippen molar-refractivity contribution >= 4 is 5.82 Å². The number of halogens is 1. The van der Waals surface area contributed by atoms with E-state index in [1.54, 1.807) is 32.2 Å². The fourth-order valence-corrected chi connectivity index (χ4v) is 1.79. The lowest BCUT2D eigenvalue weighted by molar-refractivity contribution is 0.177. The van der Waals surface area contributed by atoms with Crippen molar-refractivity contribution in [1.29, 1.82) is 0 Å². The van der Waals surface area contributed by atoms with Crippen molar-refractivity contribution in [3.8, 4) is 11.6 Å². The number of methoxy groups -OCH3 is 1. The number of nitrogens with one attached hydrogen (secondary N) is 1. The Morgan fingerprint density at radius 2 is 2.05 bits per heavy atom. The van der Waals surface area contributed by atoms with Crippen molar-refractivity contribution in [3.05, 3.63) is 41.5 Å². The molecule has 2 aromatic rings. The van der Waals surface area contributed by atoms with Gasteiger partial charge in [0.25, 0.3) is 0 Å². The third-order valence-electron chi connectivity index (χ3n) is 2.73. The SMILES string of the molecule is CCNc1cc(Oc2ccc(F)c(C)c2)nc(COC)n1. The van der Waals surface area contributed by atoms with Crippen LogP contribution in [0, 0.1) is 12.7 Å². The van der Waals surface area contributed by atoms with Gasteiger partial charge in [0.1, 0.15) is 24.0 Å². The number of ether oxygens (including phenoxy) is 2. The van der Waals surface area contributed by atoms with E-state index in [1.165, 1.54) is 6.07 Å². The first-order chi connectivity index (χ1) is 10.1. The summed E-state index contributed by atoms with van der Waals surface area (Å²) in [4.78, 5) is 8.56. The Labute approximate surface area is 123 Å². The van der Waals surface area contributed by atoms with Crippen LogP contribution in [-0.4, -0.2) is 23.6 Å². The molecule has 1 heterocycles. The van der Waals surface area contributed by atoms with Gasteiger partial charge in [0.2, 0.25) is 5.88 Å². The van der Waals surface area contributed by atoms with E-state index in [1.807, 2.05) is 6.92 Å². The van der Waals surface area contributed by atoms with Gasteiger partial charge in [-0.15, -0.1) is 0 Å². The van der Waals surface area contributed by atoms with E-state index in [4.69, 9.17) is 9.47 Å². The number of aryl methyl sites for hydroxylation is 1. The molecule has 0 fully saturated rings. The Morgan fingerprint density at radius 3 is 2.71 bits per heavy atom. The first-order valence-electron chi connectivity index (χ1n) is 6.67. The highest BCUT2D eigenvalue weighted by atomic mass is 19.1. The molecule has 0 amide bonds. The molecule has 0 atom stereocenters. The summed E-state index contributed by atoms with van der Waals surface area (Å²) in [5, 5.41) is 3.11. The fourth-order valence-electron chi connectivity index (χ4n) is 1.79. The predicted octanol–water partition coefficient (Wildman–Crippen LogP) is 3.29. The van der Waals surface area contributed by atoms with Crippen LogP contribution in [-0.2, 0) is 11.3 Å². The zero-order chi connectivity index (χ0) is 15.2. The minimum absolute atomic E-state index is 0.265. The molecule has 6 heteroatoms. The molecule has 1 aromatic carbocycles. The van der Waals surface area contributed by atoms with Crippen molar-refractivity contribution in [3.63, 3.8) is 0 Å². The predicted molar refractivity (Wildman–Crippen MR) is 78.1 cm³/mol. The van der Waals surface area contributed by atoms with Crippen LogP contribution in [0.4, 0.5) is 10.2 Å². The van der Waals surface area contributed by atoms with E-state index in [0.29, 0.717) is 28.8 Å². The van der Waals surface area contributed by atoms with Crippen LogP contribution in [0.1, 0.15) is 18.3 Å². The molecule has 1 N–H and O–H groups in total. The third kappa shape index (κ3) is 4.13. The molecule has 0 radical (unpaired) electrons. The standard InChI is InChI=1S/C15H18FN3O2/c1-4-17-13-8-15(19-14(18-13)9-20-3)21-11-5-6-12(16)10(2)7-11/h5-8H,4,9H2,1-3H3,(H,17,18,19). The number of anilines is 1. The maximum atomic E-state index is 13.3. The van der Waals surface area contributed by atoms with E-state index < -0.39 is 0 Å². The molecule has 0 aliphatic heterocycles. The molecule has 0 aliphatic carbocycles. The third-order valence-corrected chi connectivity index (χ3v) is 2.73. The quantitative estimate of drug-likeness (QED) is 0.885. The van der Waals surface area contributed by atoms with Gasteiger partial charge in [-0.1, -0.05) is 0 Å². The first-order valence-corrected chi connectivity index (χ1v) is 6.67. The zero-order valence-corrected chi connectivity index (χ0v) is 12.3. The van der Waals surface area contributed by atoms with E-state index >= 15 is 0 Å². The van der Waals surface area contributed by atoms with Gasteiger partial charge in [0, 0.05) is 19.7 Å². The van der Waals surface area contributed by atoms with Crippen LogP contribution in [0.25, 0.3) is 0 Å². The second-order valence-electron chi connectivity index (χ2n) is 4.48. The van der Waals surface area contributed by atoms with Crippen molar-refractivity contribution in [2.75, 3.05) is 19.0 Å². The molecule has 5 nitrogen and oxygen atoms in total. The molecular weight excluding hydrogens is 273 g/mol. The van der Waals surface area contributed by atoms with Crippen molar-refractivity contribution in [1.82, 2.24) is 9.97 Å². The molecule has 2 rings (SSSR count). The molecule has 21 heavy (non-hydrogen) atoms. The van der Waals surface area contributed by atoms with Crippen LogP contribution < -0.4 is 10.1 Å². The van der Waals surface area contributed by atoms with E-state index in [9.17, 15) is 4.39 Å². The number of aromatic nitrogens is 2. The Hall–Kier alpha value is -2.21. The average Bonchev–Trinajstić information content (AvgIpc) is 2.43. The number of benzene rings is 1. The number of hydrogen-bond acceptors (Lipinski definition) is 5. The minimum Gasteiger partial charge on any atom is -0.439 e. The van der Waals surface area contributed by atoms with Crippen LogP contribution >= 0.6 is 0 Å². The van der Waals surface area contributed by atoms with Crippen LogP contribution in [0.5, 0.6) is 11.6 Å². The van der Waals surface area contributed by atoms with E-state index in [-0.39, 0.29) is 12.4 Å². The summed E-state index contributed by atoms with van der Waals surface area (Å²) >= 11 is 0. The van der Waals surface area contributed by atoms with Gasteiger partial charge in [0.05, 0.1) is 0 Å². The van der Waals surface area contributed by atoms with Gasteiger partial charge in [0.15, 0.2) is 5.82 Å². The molecule has 0 aliphatic rings. The van der Waals surface area contributed by atoms with Gasteiger partial charge >= 0.3 is 0 Å². The minimum atomic E-state index is -0.265. The monoisotopic (exact) mass is 291 g/mol. The van der Waals surface area contributed by atoms with Gasteiger partial charge in [-0.25, -0.2) is 9.37 Å². The molecule has 0 spiro atoms. The summed E-state index contributed by atoms with van der Waals surface area (Å²) in [7, 11) is 1.58.